The predicted octanol–water partition coefficient (Wildman–Crippen LogP) is 2.12. The Labute approximate surface area is 97.3 Å². The number of hydrogen-bond acceptors (Lipinski definition) is 3. The van der Waals surface area contributed by atoms with E-state index in [9.17, 15) is 0 Å². The van der Waals surface area contributed by atoms with Crippen LogP contribution in [0.2, 0.25) is 0 Å². The third kappa shape index (κ3) is 6.56. The molecule has 3 nitrogen and oxygen atoms in total. The van der Waals surface area contributed by atoms with Crippen LogP contribution in [0.5, 0.6) is 0 Å². The summed E-state index contributed by atoms with van der Waals surface area (Å²) in [5.74, 6) is 0. The zero-order valence-electron chi connectivity index (χ0n) is 8.67. The van der Waals surface area contributed by atoms with Crippen LogP contribution in [0.15, 0.2) is 36.4 Å². The third-order valence-electron chi connectivity index (χ3n) is 2.08. The van der Waals surface area contributed by atoms with Crippen molar-refractivity contribution in [3.05, 3.63) is 36.4 Å². The van der Waals surface area contributed by atoms with Gasteiger partial charge in [-0.25, -0.2) is 0 Å². The lowest BCUT2D eigenvalue weighted by atomic mass is 10.4. The molecule has 0 radical (unpaired) electrons. The molecule has 2 heterocycles. The fourth-order valence-corrected chi connectivity index (χ4v) is 1.04. The van der Waals surface area contributed by atoms with Gasteiger partial charge in [0.1, 0.15) is 12.2 Å². The monoisotopic (exact) mass is 224 g/mol. The van der Waals surface area contributed by atoms with Crippen LogP contribution in [0.4, 0.5) is 0 Å². The highest BCUT2D eigenvalue weighted by Crippen LogP contribution is 2.12. The number of benzene rings is 1. The van der Waals surface area contributed by atoms with Crippen molar-refractivity contribution in [1.82, 2.24) is 0 Å². The van der Waals surface area contributed by atoms with E-state index in [1.165, 1.54) is 0 Å². The van der Waals surface area contributed by atoms with Gasteiger partial charge in [-0.15, -0.1) is 0 Å². The summed E-state index contributed by atoms with van der Waals surface area (Å²) in [6, 6.07) is 12.0. The van der Waals surface area contributed by atoms with Crippen molar-refractivity contribution in [1.29, 1.82) is 0 Å². The second-order valence-electron chi connectivity index (χ2n) is 3.60. The zero-order chi connectivity index (χ0) is 10.3. The van der Waals surface area contributed by atoms with E-state index in [-0.39, 0.29) is 7.43 Å². The van der Waals surface area contributed by atoms with Gasteiger partial charge >= 0.3 is 0 Å². The molecule has 2 saturated heterocycles. The van der Waals surface area contributed by atoms with Gasteiger partial charge < -0.3 is 14.2 Å². The summed E-state index contributed by atoms with van der Waals surface area (Å²) in [6.07, 6.45) is 0.785. The first-order valence-electron chi connectivity index (χ1n) is 5.26. The maximum Gasteiger partial charge on any atom is 0.104 e. The van der Waals surface area contributed by atoms with Crippen LogP contribution < -0.4 is 0 Å². The molecule has 0 aromatic heterocycles. The summed E-state index contributed by atoms with van der Waals surface area (Å²) in [6.45, 7) is 3.26. The molecule has 3 heteroatoms. The van der Waals surface area contributed by atoms with Crippen molar-refractivity contribution in [3.8, 4) is 0 Å². The SMILES string of the molecule is C.C(OCC1CO1)C1CO1.c1ccccc1. The summed E-state index contributed by atoms with van der Waals surface area (Å²) in [4.78, 5) is 0. The maximum atomic E-state index is 5.23. The average Bonchev–Trinajstić information content (AvgIpc) is 3.16. The first-order chi connectivity index (χ1) is 7.45. The lowest BCUT2D eigenvalue weighted by Gasteiger charge is -1.95. The Morgan fingerprint density at radius 1 is 0.812 bits per heavy atom. The van der Waals surface area contributed by atoms with E-state index < -0.39 is 0 Å². The summed E-state index contributed by atoms with van der Waals surface area (Å²) >= 11 is 0. The van der Waals surface area contributed by atoms with Gasteiger partial charge in [0.2, 0.25) is 0 Å². The number of ether oxygens (including phenoxy) is 3. The summed E-state index contributed by atoms with van der Waals surface area (Å²) in [5.41, 5.74) is 0. The van der Waals surface area contributed by atoms with Crippen molar-refractivity contribution in [2.75, 3.05) is 26.4 Å². The van der Waals surface area contributed by atoms with E-state index in [0.29, 0.717) is 12.2 Å². The molecule has 0 N–H and O–H groups in total. The Bertz CT molecular complexity index is 216. The molecule has 0 spiro atoms. The summed E-state index contributed by atoms with van der Waals surface area (Å²) in [7, 11) is 0. The molecule has 0 aliphatic carbocycles. The smallest absolute Gasteiger partial charge is 0.104 e. The zero-order valence-corrected chi connectivity index (χ0v) is 8.67. The molecule has 1 aromatic rings. The molecule has 2 fully saturated rings. The van der Waals surface area contributed by atoms with E-state index in [1.807, 2.05) is 36.4 Å². The summed E-state index contributed by atoms with van der Waals surface area (Å²) < 4.78 is 15.1. The van der Waals surface area contributed by atoms with Crippen LogP contribution in [0.1, 0.15) is 7.43 Å². The number of rotatable bonds is 4. The van der Waals surface area contributed by atoms with E-state index >= 15 is 0 Å². The minimum absolute atomic E-state index is 0. The molecule has 2 aliphatic heterocycles. The van der Waals surface area contributed by atoms with Crippen molar-refractivity contribution < 1.29 is 14.2 Å². The van der Waals surface area contributed by atoms with E-state index in [2.05, 4.69) is 0 Å². The topological polar surface area (TPSA) is 34.3 Å². The Kier molecular flexibility index (Phi) is 6.08. The van der Waals surface area contributed by atoms with Gasteiger partial charge in [0.25, 0.3) is 0 Å². The highest BCUT2D eigenvalue weighted by molar-refractivity contribution is 4.99. The van der Waals surface area contributed by atoms with Gasteiger partial charge in [0, 0.05) is 0 Å². The molecule has 16 heavy (non-hydrogen) atoms. The molecule has 2 atom stereocenters. The lowest BCUT2D eigenvalue weighted by Crippen LogP contribution is -2.06. The quantitative estimate of drug-likeness (QED) is 0.735. The Hall–Kier alpha value is -0.900. The van der Waals surface area contributed by atoms with E-state index in [1.54, 1.807) is 0 Å². The van der Waals surface area contributed by atoms with E-state index in [4.69, 9.17) is 14.2 Å². The van der Waals surface area contributed by atoms with Gasteiger partial charge in [-0.2, -0.15) is 0 Å². The fourth-order valence-electron chi connectivity index (χ4n) is 1.04. The second kappa shape index (κ2) is 7.39. The van der Waals surface area contributed by atoms with Crippen LogP contribution in [0, 0.1) is 0 Å². The predicted molar refractivity (Wildman–Crippen MR) is 63.5 cm³/mol. The Morgan fingerprint density at radius 2 is 1.12 bits per heavy atom. The van der Waals surface area contributed by atoms with Gasteiger partial charge in [-0.05, 0) is 0 Å². The fraction of sp³-hybridized carbons (Fsp3) is 0.538. The molecule has 0 saturated carbocycles. The van der Waals surface area contributed by atoms with Crippen molar-refractivity contribution in [2.24, 2.45) is 0 Å². The molecule has 3 rings (SSSR count). The highest BCUT2D eigenvalue weighted by Gasteiger charge is 2.26. The average molecular weight is 224 g/mol. The normalized spacial score (nSPS) is 24.8. The van der Waals surface area contributed by atoms with Crippen molar-refractivity contribution >= 4 is 0 Å². The number of epoxide rings is 2. The van der Waals surface area contributed by atoms with Crippen molar-refractivity contribution in [2.45, 2.75) is 19.6 Å². The Balaban J connectivity index is 0.000000162. The van der Waals surface area contributed by atoms with Gasteiger partial charge in [-0.3, -0.25) is 0 Å². The maximum absolute atomic E-state index is 5.23. The van der Waals surface area contributed by atoms with Crippen molar-refractivity contribution in [3.63, 3.8) is 0 Å². The van der Waals surface area contributed by atoms with Crippen LogP contribution in [0.25, 0.3) is 0 Å². The molecule has 90 valence electrons. The summed E-state index contributed by atoms with van der Waals surface area (Å²) in [5, 5.41) is 0. The minimum Gasteiger partial charge on any atom is -0.376 e. The number of hydrogen-bond donors (Lipinski definition) is 0. The molecule has 0 amide bonds. The van der Waals surface area contributed by atoms with Gasteiger partial charge in [0.15, 0.2) is 0 Å². The van der Waals surface area contributed by atoms with Crippen LogP contribution in [-0.2, 0) is 14.2 Å². The van der Waals surface area contributed by atoms with Crippen LogP contribution in [0.3, 0.4) is 0 Å². The minimum atomic E-state index is 0. The first-order valence-corrected chi connectivity index (χ1v) is 5.26. The molecule has 0 bridgehead atoms. The van der Waals surface area contributed by atoms with Gasteiger partial charge in [-0.1, -0.05) is 43.8 Å². The molecular formula is C13H20O3. The molecule has 1 aromatic carbocycles. The first kappa shape index (κ1) is 13.2. The molecular weight excluding hydrogens is 204 g/mol. The Morgan fingerprint density at radius 3 is 1.38 bits per heavy atom. The third-order valence-corrected chi connectivity index (χ3v) is 2.08. The lowest BCUT2D eigenvalue weighted by molar-refractivity contribution is 0.102. The molecule has 2 aliphatic rings. The molecule has 2 unspecified atom stereocenters. The standard InChI is InChI=1S/C6H10O3.C6H6.CH4/c1(5-3-8-5)7-2-6-4-9-6;1-2-4-6-5-3-1;/h5-6H,1-4H2;1-6H;1H4. The van der Waals surface area contributed by atoms with Crippen LogP contribution in [-0.4, -0.2) is 38.6 Å². The van der Waals surface area contributed by atoms with Gasteiger partial charge in [0.05, 0.1) is 26.4 Å². The largest absolute Gasteiger partial charge is 0.376 e. The highest BCUT2D eigenvalue weighted by atomic mass is 16.6. The second-order valence-corrected chi connectivity index (χ2v) is 3.60. The van der Waals surface area contributed by atoms with Crippen LogP contribution >= 0.6 is 0 Å². The van der Waals surface area contributed by atoms with E-state index in [0.717, 1.165) is 26.4 Å².